The van der Waals surface area contributed by atoms with Crippen molar-refractivity contribution < 1.29 is 24.2 Å². The van der Waals surface area contributed by atoms with Crippen LogP contribution in [0.1, 0.15) is 27.0 Å². The van der Waals surface area contributed by atoms with Crippen LogP contribution < -0.4 is 14.8 Å². The summed E-state index contributed by atoms with van der Waals surface area (Å²) >= 11 is 1.15. The lowest BCUT2D eigenvalue weighted by Gasteiger charge is -2.12. The summed E-state index contributed by atoms with van der Waals surface area (Å²) in [6, 6.07) is 9.07. The first-order valence-electron chi connectivity index (χ1n) is 8.69. The summed E-state index contributed by atoms with van der Waals surface area (Å²) in [5.74, 6) is -1.12. The van der Waals surface area contributed by atoms with E-state index in [2.05, 4.69) is 10.3 Å². The number of carbonyl (C=O) groups is 2. The second-order valence-corrected chi connectivity index (χ2v) is 7.37. The molecule has 0 saturated carbocycles. The van der Waals surface area contributed by atoms with Crippen molar-refractivity contribution in [1.29, 1.82) is 0 Å². The van der Waals surface area contributed by atoms with Gasteiger partial charge >= 0.3 is 5.97 Å². The highest BCUT2D eigenvalue weighted by molar-refractivity contribution is 8.18. The number of amidine groups is 1. The minimum Gasteiger partial charge on any atom is -0.493 e. The maximum Gasteiger partial charge on any atom is 0.340 e. The molecule has 1 amide bonds. The van der Waals surface area contributed by atoms with E-state index in [0.29, 0.717) is 21.4 Å². The van der Waals surface area contributed by atoms with Crippen LogP contribution in [0.2, 0.25) is 0 Å². The van der Waals surface area contributed by atoms with Crippen LogP contribution in [0.4, 0.5) is 5.69 Å². The number of benzene rings is 2. The van der Waals surface area contributed by atoms with E-state index in [-0.39, 0.29) is 17.2 Å². The minimum atomic E-state index is -1.18. The highest BCUT2D eigenvalue weighted by atomic mass is 32.2. The summed E-state index contributed by atoms with van der Waals surface area (Å²) in [4.78, 5) is 29.1. The Labute approximate surface area is 172 Å². The van der Waals surface area contributed by atoms with E-state index in [9.17, 15) is 14.7 Å². The zero-order valence-corrected chi connectivity index (χ0v) is 17.2. The van der Waals surface area contributed by atoms with Crippen LogP contribution in [0, 0.1) is 13.8 Å². The van der Waals surface area contributed by atoms with Gasteiger partial charge in [0.15, 0.2) is 16.7 Å². The Morgan fingerprint density at radius 1 is 1.17 bits per heavy atom. The number of nitrogens with zero attached hydrogens (tertiary/aromatic N) is 1. The molecule has 7 nitrogen and oxygen atoms in total. The van der Waals surface area contributed by atoms with Gasteiger partial charge in [-0.1, -0.05) is 18.2 Å². The third-order valence-electron chi connectivity index (χ3n) is 4.32. The van der Waals surface area contributed by atoms with Crippen LogP contribution in [-0.2, 0) is 4.79 Å². The lowest BCUT2D eigenvalue weighted by molar-refractivity contribution is -0.115. The van der Waals surface area contributed by atoms with E-state index in [1.807, 2.05) is 32.0 Å². The summed E-state index contributed by atoms with van der Waals surface area (Å²) in [6.45, 7) is 3.92. The topological polar surface area (TPSA) is 97.2 Å². The van der Waals surface area contributed by atoms with Crippen molar-refractivity contribution in [2.24, 2.45) is 4.99 Å². The largest absolute Gasteiger partial charge is 0.493 e. The summed E-state index contributed by atoms with van der Waals surface area (Å²) < 4.78 is 10.4. The first-order chi connectivity index (χ1) is 13.8. The third kappa shape index (κ3) is 4.27. The first kappa shape index (κ1) is 20.5. The van der Waals surface area contributed by atoms with Gasteiger partial charge in [-0.05, 0) is 60.5 Å². The number of carbonyl (C=O) groups excluding carboxylic acids is 1. The molecule has 3 rings (SSSR count). The number of hydrogen-bond donors (Lipinski definition) is 2. The summed E-state index contributed by atoms with van der Waals surface area (Å²) in [5.41, 5.74) is 3.08. The van der Waals surface area contributed by atoms with Crippen LogP contribution in [0.15, 0.2) is 40.2 Å². The van der Waals surface area contributed by atoms with Crippen LogP contribution in [0.5, 0.6) is 11.5 Å². The standard InChI is InChI=1S/C21H20N2O5S/c1-11-5-6-12(2)14(9-11)22-21-23-19(24)16(29-21)10-13-7-8-15(27-3)18(28-4)17(13)20(25)26/h5-10H,1-4H3,(H,25,26)(H,22,23,24)/b16-10+. The number of carboxylic acids is 1. The molecule has 1 fully saturated rings. The number of aryl methyl sites for hydroxylation is 2. The summed E-state index contributed by atoms with van der Waals surface area (Å²) in [5, 5.41) is 12.8. The Hall–Kier alpha value is -3.26. The number of ether oxygens (including phenoxy) is 2. The molecule has 0 bridgehead atoms. The van der Waals surface area contributed by atoms with Crippen molar-refractivity contribution in [3.05, 3.63) is 57.5 Å². The lowest BCUT2D eigenvalue weighted by Crippen LogP contribution is -2.19. The number of nitrogens with one attached hydrogen (secondary N) is 1. The number of aromatic carboxylic acids is 1. The molecule has 1 aliphatic heterocycles. The minimum absolute atomic E-state index is 0.0762. The second kappa shape index (κ2) is 8.40. The van der Waals surface area contributed by atoms with Crippen LogP contribution >= 0.6 is 11.8 Å². The van der Waals surface area contributed by atoms with Gasteiger partial charge in [0, 0.05) is 0 Å². The molecular formula is C21H20N2O5S. The molecule has 2 aromatic rings. The number of amides is 1. The monoisotopic (exact) mass is 412 g/mol. The van der Waals surface area contributed by atoms with E-state index in [4.69, 9.17) is 9.47 Å². The lowest BCUT2D eigenvalue weighted by atomic mass is 10.0. The molecule has 8 heteroatoms. The Balaban J connectivity index is 2.00. The van der Waals surface area contributed by atoms with Crippen molar-refractivity contribution in [2.45, 2.75) is 13.8 Å². The fraction of sp³-hybridized carbons (Fsp3) is 0.190. The van der Waals surface area contributed by atoms with Crippen molar-refractivity contribution in [3.8, 4) is 11.5 Å². The second-order valence-electron chi connectivity index (χ2n) is 6.34. The predicted molar refractivity (Wildman–Crippen MR) is 113 cm³/mol. The summed E-state index contributed by atoms with van der Waals surface area (Å²) in [7, 11) is 2.80. The Morgan fingerprint density at radius 2 is 1.93 bits per heavy atom. The molecule has 0 aliphatic carbocycles. The van der Waals surface area contributed by atoms with E-state index >= 15 is 0 Å². The van der Waals surface area contributed by atoms with Gasteiger partial charge in [0.05, 0.1) is 24.8 Å². The molecule has 0 atom stereocenters. The predicted octanol–water partition coefficient (Wildman–Crippen LogP) is 3.91. The average molecular weight is 412 g/mol. The van der Waals surface area contributed by atoms with Crippen molar-refractivity contribution >= 4 is 40.6 Å². The van der Waals surface area contributed by atoms with Crippen molar-refractivity contribution in [1.82, 2.24) is 5.32 Å². The van der Waals surface area contributed by atoms with Crippen molar-refractivity contribution in [2.75, 3.05) is 14.2 Å². The number of methoxy groups -OCH3 is 2. The smallest absolute Gasteiger partial charge is 0.340 e. The molecule has 29 heavy (non-hydrogen) atoms. The van der Waals surface area contributed by atoms with Gasteiger partial charge in [-0.15, -0.1) is 0 Å². The van der Waals surface area contributed by atoms with Gasteiger partial charge in [-0.25, -0.2) is 9.79 Å². The molecule has 1 heterocycles. The quantitative estimate of drug-likeness (QED) is 0.723. The number of thioether (sulfide) groups is 1. The molecule has 1 aliphatic rings. The van der Waals surface area contributed by atoms with Gasteiger partial charge < -0.3 is 19.9 Å². The van der Waals surface area contributed by atoms with E-state index in [0.717, 1.165) is 28.6 Å². The molecule has 150 valence electrons. The molecule has 0 unspecified atom stereocenters. The van der Waals surface area contributed by atoms with Crippen LogP contribution in [0.25, 0.3) is 6.08 Å². The van der Waals surface area contributed by atoms with Crippen LogP contribution in [0.3, 0.4) is 0 Å². The summed E-state index contributed by atoms with van der Waals surface area (Å²) in [6.07, 6.45) is 1.51. The zero-order valence-electron chi connectivity index (χ0n) is 16.4. The SMILES string of the molecule is COc1ccc(/C=C2/SC(=Nc3cc(C)ccc3C)NC2=O)c(C(=O)O)c1OC. The van der Waals surface area contributed by atoms with Gasteiger partial charge in [-0.2, -0.15) is 0 Å². The van der Waals surface area contributed by atoms with Crippen molar-refractivity contribution in [3.63, 3.8) is 0 Å². The molecule has 2 N–H and O–H groups in total. The Kier molecular flexibility index (Phi) is 5.93. The van der Waals surface area contributed by atoms with Crippen LogP contribution in [-0.4, -0.2) is 36.4 Å². The van der Waals surface area contributed by atoms with Gasteiger partial charge in [0.25, 0.3) is 5.91 Å². The molecule has 2 aromatic carbocycles. The van der Waals surface area contributed by atoms with Gasteiger partial charge in [0.2, 0.25) is 0 Å². The fourth-order valence-corrected chi connectivity index (χ4v) is 3.68. The first-order valence-corrected chi connectivity index (χ1v) is 9.50. The van der Waals surface area contributed by atoms with Gasteiger partial charge in [0.1, 0.15) is 5.56 Å². The van der Waals surface area contributed by atoms with E-state index in [1.165, 1.54) is 20.3 Å². The van der Waals surface area contributed by atoms with Gasteiger partial charge in [-0.3, -0.25) is 4.79 Å². The number of carboxylic acid groups (broad SMARTS) is 1. The maximum atomic E-state index is 12.4. The third-order valence-corrected chi connectivity index (χ3v) is 5.23. The molecule has 1 saturated heterocycles. The number of aliphatic imine (C=N–C) groups is 1. The Bertz CT molecular complexity index is 1060. The Morgan fingerprint density at radius 3 is 2.59 bits per heavy atom. The average Bonchev–Trinajstić information content (AvgIpc) is 3.02. The normalized spacial score (nSPS) is 16.2. The fourth-order valence-electron chi connectivity index (χ4n) is 2.85. The highest BCUT2D eigenvalue weighted by Gasteiger charge is 2.26. The molecule has 0 aromatic heterocycles. The highest BCUT2D eigenvalue weighted by Crippen LogP contribution is 2.36. The number of rotatable bonds is 5. The van der Waals surface area contributed by atoms with E-state index < -0.39 is 5.97 Å². The van der Waals surface area contributed by atoms with E-state index in [1.54, 1.807) is 12.1 Å². The molecular weight excluding hydrogens is 392 g/mol. The molecule has 0 radical (unpaired) electrons. The zero-order chi connectivity index (χ0) is 21.1. The maximum absolute atomic E-state index is 12.4. The molecule has 0 spiro atoms. The number of hydrogen-bond acceptors (Lipinski definition) is 6.